The topological polar surface area (TPSA) is 158 Å². The summed E-state index contributed by atoms with van der Waals surface area (Å²) in [6.07, 6.45) is 2.41. The maximum absolute atomic E-state index is 14.8. The lowest BCUT2D eigenvalue weighted by Gasteiger charge is -2.32. The van der Waals surface area contributed by atoms with Gasteiger partial charge in [-0.05, 0) is 89.2 Å². The number of hydrogen-bond donors (Lipinski definition) is 1. The quantitative estimate of drug-likeness (QED) is 0.188. The Morgan fingerprint density at radius 3 is 2.54 bits per heavy atom. The van der Waals surface area contributed by atoms with Gasteiger partial charge in [0.2, 0.25) is 33.6 Å². The molecule has 1 N–H and O–H groups in total. The van der Waals surface area contributed by atoms with Crippen molar-refractivity contribution in [1.82, 2.24) is 14.6 Å². The van der Waals surface area contributed by atoms with Crippen LogP contribution >= 0.6 is 11.6 Å². The molecule has 2 amide bonds. The molecule has 1 aromatic heterocycles. The molecule has 0 radical (unpaired) electrons. The maximum atomic E-state index is 14.8. The largest absolute Gasteiger partial charge is 0.472 e. The lowest BCUT2D eigenvalue weighted by molar-refractivity contribution is -0.154. The van der Waals surface area contributed by atoms with E-state index in [1.54, 1.807) is 39.0 Å². The van der Waals surface area contributed by atoms with Gasteiger partial charge >= 0.3 is 5.97 Å². The van der Waals surface area contributed by atoms with Gasteiger partial charge in [0.15, 0.2) is 12.4 Å². The maximum Gasteiger partial charge on any atom is 0.306 e. The predicted octanol–water partition coefficient (Wildman–Crippen LogP) is 6.81. The molecule has 2 aliphatic carbocycles. The molecule has 0 unspecified atom stereocenters. The molecule has 0 spiro atoms. The van der Waals surface area contributed by atoms with Crippen molar-refractivity contribution in [3.05, 3.63) is 41.4 Å². The standard InChI is InChI=1S/C41H52ClF2N3O9S/c1-23(2)55-36(49)18-29-25(4)15-24(3)9-6-7-10-26-19-41(26,39(51)46-57(52,53)40(5)13-14-40)20-33(48)32-16-27(21-47(32)38(29)50)56-37-28-11-8-12-31(42)30(28)17-35(45-37)54-22-34(43)44/h7-8,10-12,17,23-27,29,32,34H,6,9,13-16,18-22H2,1-5H3,(H,46,51)/b10-7-/t24-,25-,26-,27-,29+,32+,41-/m1/s1. The van der Waals surface area contributed by atoms with Crippen LogP contribution in [0, 0.1) is 29.1 Å². The third-order valence-corrected chi connectivity index (χ3v) is 14.4. The fraction of sp³-hybridized carbons (Fsp3) is 0.634. The predicted molar refractivity (Wildman–Crippen MR) is 208 cm³/mol. The number of ether oxygens (including phenoxy) is 3. The summed E-state index contributed by atoms with van der Waals surface area (Å²) in [4.78, 5) is 62.4. The number of fused-ring (bicyclic) bond motifs is 3. The van der Waals surface area contributed by atoms with Crippen LogP contribution in [0.5, 0.6) is 11.8 Å². The van der Waals surface area contributed by atoms with Gasteiger partial charge in [-0.15, -0.1) is 0 Å². The molecule has 16 heteroatoms. The number of carbonyl (C=O) groups is 4. The van der Waals surface area contributed by atoms with Gasteiger partial charge in [0, 0.05) is 34.7 Å². The first-order valence-corrected chi connectivity index (χ1v) is 21.6. The number of amides is 2. The second-order valence-electron chi connectivity index (χ2n) is 17.0. The Hall–Kier alpha value is -3.85. The van der Waals surface area contributed by atoms with Crippen molar-refractivity contribution in [2.45, 2.75) is 122 Å². The SMILES string of the molecule is CC(C)OC(=O)C[C@@H]1C(=O)N2C[C@H](Oc3nc(OCC(F)F)cc4c(Cl)cccc34)C[C@H]2C(=O)C[C@]2(C(=O)NS(=O)(=O)C3(C)CC3)C[C@H]2/C=C\CC[C@@H](C)C[C@H]1C. The normalized spacial score (nSPS) is 29.5. The average Bonchev–Trinajstić information content (AvgIpc) is 4.01. The first kappa shape index (κ1) is 42.7. The lowest BCUT2D eigenvalue weighted by Crippen LogP contribution is -2.48. The van der Waals surface area contributed by atoms with E-state index in [1.807, 2.05) is 19.1 Å². The number of pyridine rings is 1. The second-order valence-corrected chi connectivity index (χ2v) is 19.6. The molecule has 312 valence electrons. The van der Waals surface area contributed by atoms with Crippen LogP contribution < -0.4 is 14.2 Å². The molecular formula is C41H52ClF2N3O9S. The minimum atomic E-state index is -4.01. The molecule has 2 aromatic rings. The molecule has 2 aliphatic heterocycles. The third-order valence-electron chi connectivity index (χ3n) is 11.9. The Kier molecular flexibility index (Phi) is 12.6. The summed E-state index contributed by atoms with van der Waals surface area (Å²) < 4.78 is 71.1. The number of alkyl halides is 2. The van der Waals surface area contributed by atoms with Crippen LogP contribution in [0.25, 0.3) is 10.8 Å². The van der Waals surface area contributed by atoms with Crippen molar-refractivity contribution in [2.75, 3.05) is 13.2 Å². The summed E-state index contributed by atoms with van der Waals surface area (Å²) in [7, 11) is -4.01. The number of halogens is 3. The fourth-order valence-electron chi connectivity index (χ4n) is 8.23. The minimum Gasteiger partial charge on any atom is -0.472 e. The van der Waals surface area contributed by atoms with E-state index in [4.69, 9.17) is 25.8 Å². The molecule has 12 nitrogen and oxygen atoms in total. The zero-order valence-corrected chi connectivity index (χ0v) is 34.5. The molecule has 3 fully saturated rings. The van der Waals surface area contributed by atoms with Gasteiger partial charge in [0.05, 0.1) is 41.2 Å². The summed E-state index contributed by atoms with van der Waals surface area (Å²) in [5.41, 5.74) is -1.34. The molecule has 0 bridgehead atoms. The molecular weight excluding hydrogens is 784 g/mol. The number of nitrogens with zero attached hydrogens (tertiary/aromatic N) is 2. The van der Waals surface area contributed by atoms with E-state index < -0.39 is 86.9 Å². The van der Waals surface area contributed by atoms with Gasteiger partial charge in [-0.3, -0.25) is 23.9 Å². The zero-order valence-electron chi connectivity index (χ0n) is 33.0. The van der Waals surface area contributed by atoms with E-state index in [0.29, 0.717) is 41.5 Å². The van der Waals surface area contributed by atoms with Crippen molar-refractivity contribution in [3.8, 4) is 11.8 Å². The monoisotopic (exact) mass is 835 g/mol. The van der Waals surface area contributed by atoms with Gasteiger partial charge in [0.1, 0.15) is 6.10 Å². The fourth-order valence-corrected chi connectivity index (χ4v) is 9.79. The van der Waals surface area contributed by atoms with Crippen molar-refractivity contribution in [1.29, 1.82) is 0 Å². The molecule has 1 aromatic carbocycles. The zero-order chi connectivity index (χ0) is 41.4. The minimum absolute atomic E-state index is 0.00632. The number of Topliss-reactive ketones (excluding diaryl/α,β-unsaturated/α-hetero) is 1. The summed E-state index contributed by atoms with van der Waals surface area (Å²) in [5.74, 6) is -3.73. The van der Waals surface area contributed by atoms with Crippen LogP contribution in [0.1, 0.15) is 92.4 Å². The number of carbonyl (C=O) groups excluding carboxylic acids is 4. The smallest absolute Gasteiger partial charge is 0.306 e. The van der Waals surface area contributed by atoms with Crippen molar-refractivity contribution in [3.63, 3.8) is 0 Å². The number of aromatic nitrogens is 1. The van der Waals surface area contributed by atoms with Crippen LogP contribution in [-0.2, 0) is 33.9 Å². The molecule has 6 rings (SSSR count). The number of rotatable bonds is 11. The van der Waals surface area contributed by atoms with Gasteiger partial charge in [-0.2, -0.15) is 4.98 Å². The first-order valence-electron chi connectivity index (χ1n) is 19.8. The van der Waals surface area contributed by atoms with E-state index in [1.165, 1.54) is 11.0 Å². The Bertz CT molecular complexity index is 2030. The first-order chi connectivity index (χ1) is 26.8. The Balaban J connectivity index is 1.36. The highest BCUT2D eigenvalue weighted by molar-refractivity contribution is 7.91. The summed E-state index contributed by atoms with van der Waals surface area (Å²) >= 11 is 6.49. The van der Waals surface area contributed by atoms with Gasteiger partial charge < -0.3 is 19.1 Å². The van der Waals surface area contributed by atoms with Crippen molar-refractivity contribution >= 4 is 56.0 Å². The van der Waals surface area contributed by atoms with Gasteiger partial charge in [-0.25, -0.2) is 17.2 Å². The highest BCUT2D eigenvalue weighted by atomic mass is 35.5. The Labute approximate surface area is 337 Å². The van der Waals surface area contributed by atoms with E-state index in [0.717, 1.165) is 6.42 Å². The number of ketones is 1. The van der Waals surface area contributed by atoms with Crippen molar-refractivity contribution < 1.29 is 50.6 Å². The molecule has 4 aliphatic rings. The van der Waals surface area contributed by atoms with E-state index in [-0.39, 0.29) is 55.8 Å². The summed E-state index contributed by atoms with van der Waals surface area (Å²) in [6.45, 7) is 7.98. The van der Waals surface area contributed by atoms with Crippen LogP contribution in [0.15, 0.2) is 36.4 Å². The molecule has 7 atom stereocenters. The molecule has 2 saturated carbocycles. The Morgan fingerprint density at radius 2 is 1.86 bits per heavy atom. The van der Waals surface area contributed by atoms with Gasteiger partial charge in [0.25, 0.3) is 6.43 Å². The van der Waals surface area contributed by atoms with Crippen LogP contribution in [-0.4, -0.2) is 84.4 Å². The molecule has 3 heterocycles. The van der Waals surface area contributed by atoms with E-state index in [2.05, 4.69) is 16.6 Å². The van der Waals surface area contributed by atoms with Crippen LogP contribution in [0.3, 0.4) is 0 Å². The highest BCUT2D eigenvalue weighted by Gasteiger charge is 2.62. The number of benzene rings is 1. The molecule has 57 heavy (non-hydrogen) atoms. The van der Waals surface area contributed by atoms with Crippen molar-refractivity contribution in [2.24, 2.45) is 29.1 Å². The second kappa shape index (κ2) is 16.8. The average molecular weight is 836 g/mol. The van der Waals surface area contributed by atoms with Gasteiger partial charge in [-0.1, -0.05) is 43.7 Å². The third kappa shape index (κ3) is 9.56. The van der Waals surface area contributed by atoms with E-state index in [9.17, 15) is 36.4 Å². The highest BCUT2D eigenvalue weighted by Crippen LogP contribution is 2.58. The molecule has 1 saturated heterocycles. The Morgan fingerprint density at radius 1 is 1.12 bits per heavy atom. The number of nitrogens with one attached hydrogen (secondary N) is 1. The summed E-state index contributed by atoms with van der Waals surface area (Å²) in [6, 6.07) is 5.28. The van der Waals surface area contributed by atoms with E-state index >= 15 is 0 Å². The number of allylic oxidation sites excluding steroid dienone is 2. The number of hydrogen-bond acceptors (Lipinski definition) is 10. The lowest BCUT2D eigenvalue weighted by atomic mass is 9.82. The number of sulfonamides is 1. The van der Waals surface area contributed by atoms with Crippen LogP contribution in [0.2, 0.25) is 5.02 Å². The van der Waals surface area contributed by atoms with Crippen LogP contribution in [0.4, 0.5) is 8.78 Å². The summed E-state index contributed by atoms with van der Waals surface area (Å²) in [5, 5.41) is 1.16. The number of esters is 1.